The fourth-order valence-corrected chi connectivity index (χ4v) is 2.68. The monoisotopic (exact) mass is 232 g/mol. The van der Waals surface area contributed by atoms with Crippen molar-refractivity contribution in [1.82, 2.24) is 0 Å². The number of hydrogen-bond acceptors (Lipinski definition) is 2. The van der Waals surface area contributed by atoms with E-state index in [-0.39, 0.29) is 23.2 Å². The number of aliphatic hydroxyl groups excluding tert-OH is 1. The van der Waals surface area contributed by atoms with Gasteiger partial charge >= 0.3 is 0 Å². The number of aliphatic hydroxyl groups is 1. The summed E-state index contributed by atoms with van der Waals surface area (Å²) in [6.07, 6.45) is -0.426. The largest absolute Gasteiger partial charge is 0.412 e. The first-order valence-corrected chi connectivity index (χ1v) is 8.75. The Morgan fingerprint density at radius 2 is 1.47 bits per heavy atom. The van der Waals surface area contributed by atoms with Crippen molar-refractivity contribution in [1.29, 1.82) is 0 Å². The Morgan fingerprint density at radius 1 is 1.07 bits per heavy atom. The second kappa shape index (κ2) is 4.98. The average molecular weight is 232 g/mol. The predicted molar refractivity (Wildman–Crippen MR) is 68.6 cm³/mol. The highest BCUT2D eigenvalue weighted by Crippen LogP contribution is 2.37. The van der Waals surface area contributed by atoms with Crippen molar-refractivity contribution in [3.63, 3.8) is 0 Å². The molecule has 0 aromatic heterocycles. The van der Waals surface area contributed by atoms with E-state index in [1.54, 1.807) is 0 Å². The first kappa shape index (κ1) is 15.1. The molecule has 92 valence electrons. The van der Waals surface area contributed by atoms with E-state index < -0.39 is 8.32 Å². The van der Waals surface area contributed by atoms with Crippen molar-refractivity contribution >= 4 is 8.32 Å². The lowest BCUT2D eigenvalue weighted by Crippen LogP contribution is -2.47. The minimum absolute atomic E-state index is 0.0640. The second-order valence-electron chi connectivity index (χ2n) is 6.32. The molecule has 3 heteroatoms. The highest BCUT2D eigenvalue weighted by Gasteiger charge is 2.39. The Morgan fingerprint density at radius 3 is 1.73 bits per heavy atom. The third kappa shape index (κ3) is 4.25. The highest BCUT2D eigenvalue weighted by molar-refractivity contribution is 6.74. The van der Waals surface area contributed by atoms with E-state index in [9.17, 15) is 5.11 Å². The van der Waals surface area contributed by atoms with Crippen molar-refractivity contribution < 1.29 is 9.53 Å². The van der Waals surface area contributed by atoms with Gasteiger partial charge in [0.25, 0.3) is 0 Å². The molecular weight excluding hydrogens is 204 g/mol. The number of rotatable bonds is 4. The average Bonchev–Trinajstić information content (AvgIpc) is 1.99. The highest BCUT2D eigenvalue weighted by atomic mass is 28.4. The molecule has 0 spiro atoms. The minimum Gasteiger partial charge on any atom is -0.412 e. The van der Waals surface area contributed by atoms with Crippen molar-refractivity contribution in [3.8, 4) is 0 Å². The maximum atomic E-state index is 9.92. The van der Waals surface area contributed by atoms with Gasteiger partial charge in [-0.1, -0.05) is 34.6 Å². The minimum atomic E-state index is -1.74. The molecule has 0 bridgehead atoms. The van der Waals surface area contributed by atoms with E-state index in [1.165, 1.54) is 0 Å². The summed E-state index contributed by atoms with van der Waals surface area (Å²) in [5.74, 6) is 0.254. The third-order valence-electron chi connectivity index (χ3n) is 3.45. The summed E-state index contributed by atoms with van der Waals surface area (Å²) in [7, 11) is -1.74. The van der Waals surface area contributed by atoms with Crippen molar-refractivity contribution in [2.75, 3.05) is 0 Å². The van der Waals surface area contributed by atoms with Crippen LogP contribution in [-0.4, -0.2) is 25.6 Å². The Balaban J connectivity index is 4.47. The Labute approximate surface area is 96.2 Å². The van der Waals surface area contributed by atoms with Gasteiger partial charge in [-0.3, -0.25) is 0 Å². The van der Waals surface area contributed by atoms with Crippen LogP contribution in [0.4, 0.5) is 0 Å². The van der Waals surface area contributed by atoms with Crippen LogP contribution in [0.15, 0.2) is 0 Å². The summed E-state index contributed by atoms with van der Waals surface area (Å²) in [4.78, 5) is 0. The molecule has 2 atom stereocenters. The van der Waals surface area contributed by atoms with E-state index in [2.05, 4.69) is 33.9 Å². The zero-order valence-corrected chi connectivity index (χ0v) is 12.6. The fraction of sp³-hybridized carbons (Fsp3) is 1.00. The standard InChI is InChI=1S/C12H28O2Si/c1-9(2)11(13)10(3)14-15(7,8)12(4,5)6/h9-11,13H,1-8H3/t10-,11-/m0/s1. The smallest absolute Gasteiger partial charge is 0.192 e. The summed E-state index contributed by atoms with van der Waals surface area (Å²) in [5.41, 5.74) is 0. The van der Waals surface area contributed by atoms with Crippen LogP contribution in [0, 0.1) is 5.92 Å². The summed E-state index contributed by atoms with van der Waals surface area (Å²) in [6, 6.07) is 0. The van der Waals surface area contributed by atoms with E-state index in [0.29, 0.717) is 0 Å². The summed E-state index contributed by atoms with van der Waals surface area (Å²) < 4.78 is 6.11. The predicted octanol–water partition coefficient (Wildman–Crippen LogP) is 3.41. The van der Waals surface area contributed by atoms with Gasteiger partial charge < -0.3 is 9.53 Å². The first-order chi connectivity index (χ1) is 6.49. The van der Waals surface area contributed by atoms with Crippen LogP contribution in [0.25, 0.3) is 0 Å². The van der Waals surface area contributed by atoms with Crippen LogP contribution in [0.1, 0.15) is 41.5 Å². The molecule has 0 rings (SSSR count). The lowest BCUT2D eigenvalue weighted by Gasteiger charge is -2.40. The SMILES string of the molecule is CC(C)[C@H](O)[C@H](C)O[Si](C)(C)C(C)(C)C. The zero-order valence-electron chi connectivity index (χ0n) is 11.6. The van der Waals surface area contributed by atoms with Crippen LogP contribution in [-0.2, 0) is 4.43 Å². The molecule has 0 saturated carbocycles. The number of hydrogen-bond donors (Lipinski definition) is 1. The lowest BCUT2D eigenvalue weighted by molar-refractivity contribution is 0.00960. The zero-order chi connectivity index (χ0) is 12.4. The van der Waals surface area contributed by atoms with Crippen molar-refractivity contribution in [3.05, 3.63) is 0 Å². The molecule has 1 N–H and O–H groups in total. The second-order valence-corrected chi connectivity index (χ2v) is 11.1. The van der Waals surface area contributed by atoms with Crippen LogP contribution in [0.5, 0.6) is 0 Å². The van der Waals surface area contributed by atoms with Crippen molar-refractivity contribution in [2.24, 2.45) is 5.92 Å². The third-order valence-corrected chi connectivity index (χ3v) is 8.02. The maximum Gasteiger partial charge on any atom is 0.192 e. The van der Waals surface area contributed by atoms with E-state index in [4.69, 9.17) is 4.43 Å². The summed E-state index contributed by atoms with van der Waals surface area (Å²) >= 11 is 0. The van der Waals surface area contributed by atoms with Crippen molar-refractivity contribution in [2.45, 2.75) is 71.9 Å². The van der Waals surface area contributed by atoms with Gasteiger partial charge in [0.15, 0.2) is 8.32 Å². The molecule has 0 aliphatic rings. The van der Waals surface area contributed by atoms with Gasteiger partial charge in [-0.15, -0.1) is 0 Å². The summed E-state index contributed by atoms with van der Waals surface area (Å²) in [6.45, 7) is 17.1. The van der Waals surface area contributed by atoms with E-state index in [1.807, 2.05) is 20.8 Å². The molecule has 0 aliphatic carbocycles. The Bertz CT molecular complexity index is 194. The lowest BCUT2D eigenvalue weighted by atomic mass is 10.0. The molecule has 15 heavy (non-hydrogen) atoms. The van der Waals surface area contributed by atoms with Gasteiger partial charge in [-0.05, 0) is 31.0 Å². The van der Waals surface area contributed by atoms with Gasteiger partial charge in [0.05, 0.1) is 12.2 Å². The topological polar surface area (TPSA) is 29.5 Å². The fourth-order valence-electron chi connectivity index (χ4n) is 1.25. The normalized spacial score (nSPS) is 18.0. The van der Waals surface area contributed by atoms with Crippen LogP contribution in [0.2, 0.25) is 18.1 Å². The van der Waals surface area contributed by atoms with Gasteiger partial charge in [-0.25, -0.2) is 0 Å². The molecule has 0 heterocycles. The Hall–Kier alpha value is 0.137. The molecule has 0 amide bonds. The molecule has 0 radical (unpaired) electrons. The molecule has 0 unspecified atom stereocenters. The van der Waals surface area contributed by atoms with Gasteiger partial charge in [-0.2, -0.15) is 0 Å². The molecule has 0 aromatic carbocycles. The van der Waals surface area contributed by atoms with Crippen LogP contribution < -0.4 is 0 Å². The van der Waals surface area contributed by atoms with Crippen LogP contribution in [0.3, 0.4) is 0 Å². The Kier molecular flexibility index (Phi) is 5.02. The van der Waals surface area contributed by atoms with Gasteiger partial charge in [0.1, 0.15) is 0 Å². The van der Waals surface area contributed by atoms with E-state index >= 15 is 0 Å². The molecule has 0 aromatic rings. The van der Waals surface area contributed by atoms with Crippen LogP contribution >= 0.6 is 0 Å². The van der Waals surface area contributed by atoms with Gasteiger partial charge in [0, 0.05) is 0 Å². The molecule has 0 saturated heterocycles. The molecule has 0 aliphatic heterocycles. The quantitative estimate of drug-likeness (QED) is 0.753. The van der Waals surface area contributed by atoms with E-state index in [0.717, 1.165) is 0 Å². The molecular formula is C12H28O2Si. The maximum absolute atomic E-state index is 9.92. The summed E-state index contributed by atoms with van der Waals surface area (Å²) in [5, 5.41) is 10.1. The molecule has 0 fully saturated rings. The molecule has 2 nitrogen and oxygen atoms in total. The van der Waals surface area contributed by atoms with Gasteiger partial charge in [0.2, 0.25) is 0 Å². The first-order valence-electron chi connectivity index (χ1n) is 5.85.